The lowest BCUT2D eigenvalue weighted by molar-refractivity contribution is 0.686. The number of hydrogen-bond donors (Lipinski definition) is 2. The fraction of sp³-hybridized carbons (Fsp3) is 0.714. The third-order valence-electron chi connectivity index (χ3n) is 3.73. The topological polar surface area (TPSA) is 49.8 Å². The Bertz CT molecular complexity index is 410. The van der Waals surface area contributed by atoms with Gasteiger partial charge in [-0.15, -0.1) is 0 Å². The molecule has 0 unspecified atom stereocenters. The minimum Gasteiger partial charge on any atom is -0.373 e. The van der Waals surface area contributed by atoms with E-state index in [1.807, 2.05) is 13.1 Å². The molecule has 1 heterocycles. The Kier molecular flexibility index (Phi) is 3.35. The normalized spacial score (nSPS) is 18.7. The molecule has 3 rings (SSSR count). The predicted octanol–water partition coefficient (Wildman–Crippen LogP) is 3.00. The van der Waals surface area contributed by atoms with Crippen molar-refractivity contribution in [2.75, 3.05) is 24.2 Å². The van der Waals surface area contributed by atoms with E-state index in [1.54, 1.807) is 0 Å². The minimum atomic E-state index is 0.602. The Labute approximate surface area is 109 Å². The molecular weight excluding hydrogens is 224 g/mol. The van der Waals surface area contributed by atoms with Gasteiger partial charge >= 0.3 is 0 Å². The van der Waals surface area contributed by atoms with Crippen LogP contribution >= 0.6 is 0 Å². The van der Waals surface area contributed by atoms with E-state index in [0.717, 1.165) is 29.9 Å². The summed E-state index contributed by atoms with van der Waals surface area (Å²) in [4.78, 5) is 9.13. The summed E-state index contributed by atoms with van der Waals surface area (Å²) in [6.07, 6.45) is 8.00. The number of anilines is 2. The molecule has 0 bridgehead atoms. The molecule has 0 amide bonds. The number of nitrogens with zero attached hydrogens (tertiary/aromatic N) is 2. The molecule has 0 aliphatic heterocycles. The molecule has 2 aliphatic carbocycles. The highest BCUT2D eigenvalue weighted by molar-refractivity contribution is 5.47. The Hall–Kier alpha value is -1.32. The van der Waals surface area contributed by atoms with Gasteiger partial charge in [0, 0.05) is 25.6 Å². The number of nitrogens with one attached hydrogen (secondary N) is 2. The average molecular weight is 246 g/mol. The first kappa shape index (κ1) is 11.8. The van der Waals surface area contributed by atoms with Gasteiger partial charge in [0.1, 0.15) is 17.5 Å². The van der Waals surface area contributed by atoms with Gasteiger partial charge in [0.05, 0.1) is 0 Å². The van der Waals surface area contributed by atoms with Crippen LogP contribution < -0.4 is 10.6 Å². The molecule has 0 atom stereocenters. The average Bonchev–Trinajstić information content (AvgIpc) is 3.28. The first-order valence-electron chi connectivity index (χ1n) is 7.16. The third-order valence-corrected chi connectivity index (χ3v) is 3.73. The highest BCUT2D eigenvalue weighted by Gasteiger charge is 2.27. The van der Waals surface area contributed by atoms with E-state index in [4.69, 9.17) is 0 Å². The van der Waals surface area contributed by atoms with Crippen LogP contribution in [0, 0.1) is 5.92 Å². The summed E-state index contributed by atoms with van der Waals surface area (Å²) in [6, 6.07) is 2.00. The van der Waals surface area contributed by atoms with E-state index in [9.17, 15) is 0 Å². The van der Waals surface area contributed by atoms with E-state index in [1.165, 1.54) is 38.5 Å². The maximum absolute atomic E-state index is 4.61. The van der Waals surface area contributed by atoms with E-state index < -0.39 is 0 Å². The zero-order valence-electron chi connectivity index (χ0n) is 11.1. The number of rotatable bonds is 7. The number of hydrogen-bond acceptors (Lipinski definition) is 4. The summed E-state index contributed by atoms with van der Waals surface area (Å²) in [5.74, 6) is 4.53. The molecule has 98 valence electrons. The lowest BCUT2D eigenvalue weighted by atomic mass is 10.2. The van der Waals surface area contributed by atoms with Crippen molar-refractivity contribution in [3.05, 3.63) is 11.9 Å². The van der Waals surface area contributed by atoms with Crippen LogP contribution in [0.3, 0.4) is 0 Å². The molecule has 0 saturated heterocycles. The molecule has 4 nitrogen and oxygen atoms in total. The summed E-state index contributed by atoms with van der Waals surface area (Å²) in [5.41, 5.74) is 0. The van der Waals surface area contributed by atoms with Crippen LogP contribution in [-0.2, 0) is 0 Å². The lowest BCUT2D eigenvalue weighted by Gasteiger charge is -2.09. The van der Waals surface area contributed by atoms with Crippen molar-refractivity contribution in [2.45, 2.75) is 44.4 Å². The van der Waals surface area contributed by atoms with Gasteiger partial charge in [-0.1, -0.05) is 12.8 Å². The summed E-state index contributed by atoms with van der Waals surface area (Å²) < 4.78 is 0. The summed E-state index contributed by atoms with van der Waals surface area (Å²) in [7, 11) is 1.91. The van der Waals surface area contributed by atoms with E-state index in [0.29, 0.717) is 5.92 Å². The van der Waals surface area contributed by atoms with Gasteiger partial charge in [0.25, 0.3) is 0 Å². The lowest BCUT2D eigenvalue weighted by Crippen LogP contribution is -2.07. The fourth-order valence-corrected chi connectivity index (χ4v) is 2.22. The summed E-state index contributed by atoms with van der Waals surface area (Å²) >= 11 is 0. The Morgan fingerprint density at radius 2 is 1.94 bits per heavy atom. The van der Waals surface area contributed by atoms with Crippen molar-refractivity contribution < 1.29 is 0 Å². The summed E-state index contributed by atoms with van der Waals surface area (Å²) in [5, 5.41) is 6.55. The molecular formula is C14H22N4. The molecule has 0 aromatic carbocycles. The van der Waals surface area contributed by atoms with Crippen molar-refractivity contribution >= 4 is 11.6 Å². The SMILES string of the molecule is CNc1cc(NCCCC2CC2)nc(C2CC2)n1. The van der Waals surface area contributed by atoms with Crippen LogP contribution in [0.25, 0.3) is 0 Å². The van der Waals surface area contributed by atoms with Crippen LogP contribution in [-0.4, -0.2) is 23.6 Å². The van der Waals surface area contributed by atoms with Crippen LogP contribution in [0.15, 0.2) is 6.07 Å². The Morgan fingerprint density at radius 3 is 2.61 bits per heavy atom. The van der Waals surface area contributed by atoms with Gasteiger partial charge in [-0.25, -0.2) is 9.97 Å². The van der Waals surface area contributed by atoms with E-state index in [2.05, 4.69) is 20.6 Å². The molecule has 18 heavy (non-hydrogen) atoms. The molecule has 0 spiro atoms. The van der Waals surface area contributed by atoms with Crippen molar-refractivity contribution in [3.63, 3.8) is 0 Å². The number of aromatic nitrogens is 2. The Balaban J connectivity index is 1.56. The molecule has 2 fully saturated rings. The standard InChI is InChI=1S/C14H22N4/c1-15-12-9-13(16-8-2-3-10-4-5-10)18-14(17-12)11-6-7-11/h9-11H,2-8H2,1H3,(H2,15,16,17,18). The van der Waals surface area contributed by atoms with Crippen LogP contribution in [0.2, 0.25) is 0 Å². The highest BCUT2D eigenvalue weighted by Crippen LogP contribution is 2.38. The van der Waals surface area contributed by atoms with Crippen molar-refractivity contribution in [3.8, 4) is 0 Å². The van der Waals surface area contributed by atoms with Crippen molar-refractivity contribution in [1.82, 2.24) is 9.97 Å². The van der Waals surface area contributed by atoms with E-state index in [-0.39, 0.29) is 0 Å². The fourth-order valence-electron chi connectivity index (χ4n) is 2.22. The van der Waals surface area contributed by atoms with Crippen LogP contribution in [0.5, 0.6) is 0 Å². The molecule has 4 heteroatoms. The zero-order chi connectivity index (χ0) is 12.4. The van der Waals surface area contributed by atoms with Crippen molar-refractivity contribution in [1.29, 1.82) is 0 Å². The second-order valence-corrected chi connectivity index (χ2v) is 5.53. The van der Waals surface area contributed by atoms with Crippen molar-refractivity contribution in [2.24, 2.45) is 5.92 Å². The summed E-state index contributed by atoms with van der Waals surface area (Å²) in [6.45, 7) is 1.03. The molecule has 2 saturated carbocycles. The van der Waals surface area contributed by atoms with Crippen LogP contribution in [0.4, 0.5) is 11.6 Å². The van der Waals surface area contributed by atoms with Gasteiger partial charge in [-0.3, -0.25) is 0 Å². The first-order chi connectivity index (χ1) is 8.85. The Morgan fingerprint density at radius 1 is 1.17 bits per heavy atom. The molecule has 2 N–H and O–H groups in total. The maximum Gasteiger partial charge on any atom is 0.136 e. The quantitative estimate of drug-likeness (QED) is 0.726. The van der Waals surface area contributed by atoms with Gasteiger partial charge < -0.3 is 10.6 Å². The van der Waals surface area contributed by atoms with Gasteiger partial charge in [0.2, 0.25) is 0 Å². The second-order valence-electron chi connectivity index (χ2n) is 5.53. The monoisotopic (exact) mass is 246 g/mol. The van der Waals surface area contributed by atoms with Gasteiger partial charge in [-0.2, -0.15) is 0 Å². The van der Waals surface area contributed by atoms with Gasteiger partial charge in [-0.05, 0) is 31.6 Å². The van der Waals surface area contributed by atoms with Crippen LogP contribution in [0.1, 0.15) is 50.3 Å². The van der Waals surface area contributed by atoms with E-state index >= 15 is 0 Å². The predicted molar refractivity (Wildman–Crippen MR) is 74.0 cm³/mol. The largest absolute Gasteiger partial charge is 0.373 e. The molecule has 2 aliphatic rings. The molecule has 1 aromatic rings. The second kappa shape index (κ2) is 5.12. The third kappa shape index (κ3) is 3.12. The highest BCUT2D eigenvalue weighted by atomic mass is 15.1. The minimum absolute atomic E-state index is 0.602. The maximum atomic E-state index is 4.61. The molecule has 1 aromatic heterocycles. The smallest absolute Gasteiger partial charge is 0.136 e. The zero-order valence-corrected chi connectivity index (χ0v) is 11.1. The molecule has 0 radical (unpaired) electrons. The van der Waals surface area contributed by atoms with Gasteiger partial charge in [0.15, 0.2) is 0 Å². The first-order valence-corrected chi connectivity index (χ1v) is 7.16.